The van der Waals surface area contributed by atoms with Gasteiger partial charge in [-0.25, -0.2) is 4.79 Å². The Morgan fingerprint density at radius 3 is 1.96 bits per heavy atom. The highest BCUT2D eigenvalue weighted by atomic mass is 28.4. The summed E-state index contributed by atoms with van der Waals surface area (Å²) in [6.07, 6.45) is -0.00891. The summed E-state index contributed by atoms with van der Waals surface area (Å²) in [7, 11) is -1.10. The van der Waals surface area contributed by atoms with E-state index in [0.29, 0.717) is 13.0 Å². The van der Waals surface area contributed by atoms with Crippen LogP contribution in [0, 0.1) is 0 Å². The van der Waals surface area contributed by atoms with E-state index in [-0.39, 0.29) is 5.04 Å². The molecule has 1 fully saturated rings. The summed E-state index contributed by atoms with van der Waals surface area (Å²) in [6.45, 7) is 7.12. The fourth-order valence-corrected chi connectivity index (χ4v) is 9.06. The Kier molecular flexibility index (Phi) is 5.51. The van der Waals surface area contributed by atoms with Crippen LogP contribution in [-0.2, 0) is 9.22 Å². The van der Waals surface area contributed by atoms with Gasteiger partial charge in [0.2, 0.25) is 0 Å². The zero-order valence-electron chi connectivity index (χ0n) is 17.1. The van der Waals surface area contributed by atoms with E-state index in [9.17, 15) is 9.90 Å². The third kappa shape index (κ3) is 3.20. The number of nitrogens with zero attached hydrogens (tertiary/aromatic N) is 1. The van der Waals surface area contributed by atoms with Gasteiger partial charge in [-0.3, -0.25) is 4.90 Å². The fraction of sp³-hybridized carbons (Fsp3) is 0.409. The highest BCUT2D eigenvalue weighted by molar-refractivity contribution is 6.99. The Labute approximate surface area is 168 Å². The lowest BCUT2D eigenvalue weighted by Crippen LogP contribution is -2.72. The summed E-state index contributed by atoms with van der Waals surface area (Å²) in [5, 5.41) is 11.9. The first-order chi connectivity index (χ1) is 13.1. The average molecular weight is 399 g/mol. The van der Waals surface area contributed by atoms with E-state index in [1.165, 1.54) is 0 Å². The van der Waals surface area contributed by atoms with Crippen LogP contribution in [0.4, 0.5) is 0 Å². The predicted molar refractivity (Wildman–Crippen MR) is 114 cm³/mol. The number of benzene rings is 2. The van der Waals surface area contributed by atoms with Crippen molar-refractivity contribution in [2.45, 2.75) is 44.0 Å². The van der Waals surface area contributed by atoms with Gasteiger partial charge < -0.3 is 15.3 Å². The number of carboxylic acids is 1. The van der Waals surface area contributed by atoms with Crippen molar-refractivity contribution in [3.63, 3.8) is 0 Å². The Bertz CT molecular complexity index is 783. The van der Waals surface area contributed by atoms with E-state index in [1.807, 2.05) is 36.4 Å². The molecule has 5 nitrogen and oxygen atoms in total. The van der Waals surface area contributed by atoms with Gasteiger partial charge in [-0.05, 0) is 28.9 Å². The third-order valence-electron chi connectivity index (χ3n) is 5.93. The lowest BCUT2D eigenvalue weighted by Gasteiger charge is -2.46. The molecular weight excluding hydrogens is 368 g/mol. The van der Waals surface area contributed by atoms with Gasteiger partial charge in [0.25, 0.3) is 8.32 Å². The summed E-state index contributed by atoms with van der Waals surface area (Å²) in [4.78, 5) is 13.8. The van der Waals surface area contributed by atoms with Crippen LogP contribution in [0.3, 0.4) is 0 Å². The van der Waals surface area contributed by atoms with E-state index >= 15 is 0 Å². The number of likely N-dealkylation sites (N-methyl/N-ethyl adjacent to an activating group) is 1. The van der Waals surface area contributed by atoms with E-state index in [0.717, 1.165) is 10.4 Å². The van der Waals surface area contributed by atoms with E-state index in [1.54, 1.807) is 11.9 Å². The molecular formula is C22H30N2O3Si. The SMILES string of the molecule is CN1CC[C@H](O[Si](c2ccccc2)(c2ccccc2)C(C)(C)C)C1(N)C(=O)O. The van der Waals surface area contributed by atoms with Crippen molar-refractivity contribution in [2.24, 2.45) is 5.73 Å². The van der Waals surface area contributed by atoms with Crippen molar-refractivity contribution in [1.82, 2.24) is 4.90 Å². The lowest BCUT2D eigenvalue weighted by molar-refractivity contribution is -0.153. The molecule has 0 amide bonds. The molecule has 2 aromatic carbocycles. The summed E-state index contributed by atoms with van der Waals surface area (Å²) >= 11 is 0. The van der Waals surface area contributed by atoms with Gasteiger partial charge in [0, 0.05) is 6.54 Å². The van der Waals surface area contributed by atoms with Crippen molar-refractivity contribution in [2.75, 3.05) is 13.6 Å². The van der Waals surface area contributed by atoms with Crippen LogP contribution >= 0.6 is 0 Å². The molecule has 150 valence electrons. The number of carboxylic acid groups (broad SMARTS) is 1. The lowest BCUT2D eigenvalue weighted by atomic mass is 10.1. The predicted octanol–water partition coefficient (Wildman–Crippen LogP) is 2.01. The standard InChI is InChI=1S/C22H30N2O3Si/c1-21(2,3)28(17-11-7-5-8-12-17,18-13-9-6-10-14-18)27-19-15-16-24(4)22(19,23)20(25)26/h5-14,19H,15-16,23H2,1-4H3,(H,25,26)/t19-,22?/m0/s1. The molecule has 1 unspecified atom stereocenters. The molecule has 0 aromatic heterocycles. The van der Waals surface area contributed by atoms with E-state index < -0.39 is 26.1 Å². The minimum Gasteiger partial charge on any atom is -0.479 e. The van der Waals surface area contributed by atoms with Crippen LogP contribution in [-0.4, -0.2) is 49.7 Å². The largest absolute Gasteiger partial charge is 0.479 e. The Morgan fingerprint density at radius 1 is 1.11 bits per heavy atom. The highest BCUT2D eigenvalue weighted by Gasteiger charge is 2.58. The Hall–Kier alpha value is -1.99. The first kappa shape index (κ1) is 20.7. The van der Waals surface area contributed by atoms with E-state index in [4.69, 9.17) is 10.2 Å². The van der Waals surface area contributed by atoms with Gasteiger partial charge in [-0.15, -0.1) is 0 Å². The Morgan fingerprint density at radius 2 is 1.57 bits per heavy atom. The van der Waals surface area contributed by atoms with Crippen molar-refractivity contribution < 1.29 is 14.3 Å². The molecule has 1 aliphatic rings. The number of likely N-dealkylation sites (tertiary alicyclic amines) is 1. The molecule has 0 aliphatic carbocycles. The maximum absolute atomic E-state index is 12.1. The monoisotopic (exact) mass is 398 g/mol. The zero-order valence-corrected chi connectivity index (χ0v) is 18.1. The van der Waals surface area contributed by atoms with Gasteiger partial charge in [0.15, 0.2) is 5.66 Å². The molecule has 1 saturated heterocycles. The molecule has 28 heavy (non-hydrogen) atoms. The van der Waals surface area contributed by atoms with Crippen LogP contribution in [0.15, 0.2) is 60.7 Å². The zero-order chi connectivity index (χ0) is 20.6. The summed E-state index contributed by atoms with van der Waals surface area (Å²) in [6, 6.07) is 20.4. The quantitative estimate of drug-likeness (QED) is 0.754. The van der Waals surface area contributed by atoms with Crippen LogP contribution < -0.4 is 16.1 Å². The maximum atomic E-state index is 12.1. The molecule has 2 aromatic rings. The molecule has 0 bridgehead atoms. The maximum Gasteiger partial charge on any atom is 0.341 e. The van der Waals surface area contributed by atoms with Crippen molar-refractivity contribution in [3.8, 4) is 0 Å². The normalized spacial score (nSPS) is 23.7. The molecule has 6 heteroatoms. The fourth-order valence-electron chi connectivity index (χ4n) is 4.32. The molecule has 3 rings (SSSR count). The number of hydrogen-bond acceptors (Lipinski definition) is 4. The second-order valence-corrected chi connectivity index (χ2v) is 12.9. The van der Waals surface area contributed by atoms with Crippen molar-refractivity contribution >= 4 is 24.7 Å². The second kappa shape index (κ2) is 7.44. The minimum atomic E-state index is -2.85. The summed E-state index contributed by atoms with van der Waals surface area (Å²) < 4.78 is 6.97. The van der Waals surface area contributed by atoms with Crippen molar-refractivity contribution in [1.29, 1.82) is 0 Å². The number of aliphatic carboxylic acids is 1. The van der Waals surface area contributed by atoms with Gasteiger partial charge >= 0.3 is 5.97 Å². The van der Waals surface area contributed by atoms with Gasteiger partial charge in [0.05, 0.1) is 6.10 Å². The van der Waals surface area contributed by atoms with Crippen molar-refractivity contribution in [3.05, 3.63) is 60.7 Å². The van der Waals surface area contributed by atoms with Gasteiger partial charge in [-0.2, -0.15) is 0 Å². The smallest absolute Gasteiger partial charge is 0.341 e. The molecule has 0 radical (unpaired) electrons. The van der Waals surface area contributed by atoms with Gasteiger partial charge in [-0.1, -0.05) is 81.4 Å². The Balaban J connectivity index is 2.21. The average Bonchev–Trinajstić information content (AvgIpc) is 2.95. The first-order valence-corrected chi connectivity index (χ1v) is 11.6. The second-order valence-electron chi connectivity index (χ2n) is 8.61. The molecule has 0 spiro atoms. The van der Waals surface area contributed by atoms with Crippen LogP contribution in [0.2, 0.25) is 5.04 Å². The number of rotatable bonds is 5. The van der Waals surface area contributed by atoms with Crippen LogP contribution in [0.25, 0.3) is 0 Å². The number of carbonyl (C=O) groups is 1. The van der Waals surface area contributed by atoms with Crippen LogP contribution in [0.1, 0.15) is 27.2 Å². The van der Waals surface area contributed by atoms with Crippen LogP contribution in [0.5, 0.6) is 0 Å². The first-order valence-electron chi connectivity index (χ1n) is 9.66. The molecule has 3 N–H and O–H groups in total. The summed E-state index contributed by atoms with van der Waals surface area (Å²) in [5.41, 5.74) is 4.89. The van der Waals surface area contributed by atoms with E-state index in [2.05, 4.69) is 45.0 Å². The minimum absolute atomic E-state index is 0.226. The third-order valence-corrected chi connectivity index (χ3v) is 11.0. The van der Waals surface area contributed by atoms with Gasteiger partial charge in [0.1, 0.15) is 0 Å². The highest BCUT2D eigenvalue weighted by Crippen LogP contribution is 2.40. The molecule has 1 heterocycles. The number of hydrogen-bond donors (Lipinski definition) is 2. The summed E-state index contributed by atoms with van der Waals surface area (Å²) in [5.74, 6) is -1.05. The molecule has 2 atom stereocenters. The molecule has 1 aliphatic heterocycles. The molecule has 0 saturated carbocycles. The topological polar surface area (TPSA) is 75.8 Å². The number of nitrogens with two attached hydrogens (primary N) is 1.